The third-order valence-electron chi connectivity index (χ3n) is 4.51. The smallest absolute Gasteiger partial charge is 0.327 e. The highest BCUT2D eigenvalue weighted by Crippen LogP contribution is 2.46. The van der Waals surface area contributed by atoms with E-state index in [0.29, 0.717) is 16.4 Å². The Kier molecular flexibility index (Phi) is 4.28. The lowest BCUT2D eigenvalue weighted by Crippen LogP contribution is -2.44. The Morgan fingerprint density at radius 3 is 2.42 bits per heavy atom. The number of halogens is 1. The fraction of sp³-hybridized carbons (Fsp3) is 0.278. The maximum absolute atomic E-state index is 12.9. The highest BCUT2D eigenvalue weighted by Gasteiger charge is 2.47. The Bertz CT molecular complexity index is 960. The fourth-order valence-corrected chi connectivity index (χ4v) is 5.19. The normalized spacial score (nSPS) is 17.9. The molecule has 0 unspecified atom stereocenters. The number of benzene rings is 2. The van der Waals surface area contributed by atoms with E-state index in [0.717, 1.165) is 18.4 Å². The van der Waals surface area contributed by atoms with Crippen molar-refractivity contribution in [2.24, 2.45) is 0 Å². The highest BCUT2D eigenvalue weighted by molar-refractivity contribution is 7.94. The summed E-state index contributed by atoms with van der Waals surface area (Å²) in [5.41, 5.74) is 1.98. The van der Waals surface area contributed by atoms with Gasteiger partial charge in [0.25, 0.3) is 0 Å². The van der Waals surface area contributed by atoms with E-state index in [4.69, 9.17) is 11.6 Å². The van der Waals surface area contributed by atoms with Gasteiger partial charge in [-0.15, -0.1) is 0 Å². The molecule has 4 rings (SSSR count). The minimum absolute atomic E-state index is 0.00247. The molecular weight excluding hydrogens is 374 g/mol. The maximum atomic E-state index is 12.9. The monoisotopic (exact) mass is 391 g/mol. The quantitative estimate of drug-likeness (QED) is 0.851. The minimum atomic E-state index is -3.73. The molecule has 26 heavy (non-hydrogen) atoms. The van der Waals surface area contributed by atoms with Crippen LogP contribution >= 0.6 is 11.6 Å². The van der Waals surface area contributed by atoms with Crippen molar-refractivity contribution in [2.75, 3.05) is 15.2 Å². The first kappa shape index (κ1) is 17.2. The van der Waals surface area contributed by atoms with Gasteiger partial charge in [0.1, 0.15) is 6.54 Å². The van der Waals surface area contributed by atoms with Crippen molar-refractivity contribution in [1.82, 2.24) is 5.32 Å². The summed E-state index contributed by atoms with van der Waals surface area (Å²) in [7, 11) is -3.73. The number of rotatable bonds is 5. The standard InChI is InChI=1S/C18H18ClN3O3S/c19-15-6-2-1-5-13(15)11-20-18(23)12-21-16-7-3-4-8-17(16)22(14-9-10-14)26(21,24)25/h1-8,14H,9-12H2,(H,20,23). The van der Waals surface area contributed by atoms with Gasteiger partial charge in [-0.2, -0.15) is 8.42 Å². The zero-order valence-corrected chi connectivity index (χ0v) is 15.5. The van der Waals surface area contributed by atoms with Gasteiger partial charge in [0.05, 0.1) is 11.4 Å². The van der Waals surface area contributed by atoms with Crippen molar-refractivity contribution in [2.45, 2.75) is 25.4 Å². The molecule has 6 nitrogen and oxygen atoms in total. The van der Waals surface area contributed by atoms with Gasteiger partial charge in [-0.1, -0.05) is 41.9 Å². The molecule has 1 amide bonds. The molecule has 1 aliphatic carbocycles. The lowest BCUT2D eigenvalue weighted by molar-refractivity contribution is -0.119. The molecule has 2 aromatic rings. The first-order chi connectivity index (χ1) is 12.5. The van der Waals surface area contributed by atoms with Gasteiger partial charge < -0.3 is 5.32 Å². The molecule has 1 saturated carbocycles. The van der Waals surface area contributed by atoms with Gasteiger partial charge in [0, 0.05) is 17.6 Å². The Hall–Kier alpha value is -2.25. The molecule has 0 aromatic heterocycles. The molecule has 1 fully saturated rings. The van der Waals surface area contributed by atoms with Crippen molar-refractivity contribution >= 4 is 39.1 Å². The molecular formula is C18H18ClN3O3S. The molecule has 1 heterocycles. The van der Waals surface area contributed by atoms with Crippen LogP contribution in [0.1, 0.15) is 18.4 Å². The summed E-state index contributed by atoms with van der Waals surface area (Å²) in [6.45, 7) is -0.00655. The number of fused-ring (bicyclic) bond motifs is 1. The lowest BCUT2D eigenvalue weighted by Gasteiger charge is -2.21. The predicted molar refractivity (Wildman–Crippen MR) is 102 cm³/mol. The third-order valence-corrected chi connectivity index (χ3v) is 6.76. The molecule has 1 N–H and O–H groups in total. The Labute approximate surface area is 157 Å². The van der Waals surface area contributed by atoms with E-state index >= 15 is 0 Å². The first-order valence-electron chi connectivity index (χ1n) is 8.40. The first-order valence-corrected chi connectivity index (χ1v) is 10.2. The number of hydrogen-bond acceptors (Lipinski definition) is 3. The number of para-hydroxylation sites is 2. The van der Waals surface area contributed by atoms with Crippen LogP contribution in [-0.4, -0.2) is 26.9 Å². The number of hydrogen-bond donors (Lipinski definition) is 1. The summed E-state index contributed by atoms with van der Waals surface area (Å²) in [4.78, 5) is 12.4. The predicted octanol–water partition coefficient (Wildman–Crippen LogP) is 2.69. The number of amides is 1. The zero-order chi connectivity index (χ0) is 18.3. The molecule has 1 aliphatic heterocycles. The minimum Gasteiger partial charge on any atom is -0.350 e. The van der Waals surface area contributed by atoms with E-state index in [9.17, 15) is 13.2 Å². The van der Waals surface area contributed by atoms with Crippen LogP contribution in [0.2, 0.25) is 5.02 Å². The van der Waals surface area contributed by atoms with E-state index in [2.05, 4.69) is 5.32 Å². The van der Waals surface area contributed by atoms with Crippen LogP contribution in [0.4, 0.5) is 11.4 Å². The van der Waals surface area contributed by atoms with Crippen LogP contribution in [0.15, 0.2) is 48.5 Å². The number of anilines is 2. The number of carbonyl (C=O) groups is 1. The zero-order valence-electron chi connectivity index (χ0n) is 13.9. The van der Waals surface area contributed by atoms with Crippen LogP contribution in [0, 0.1) is 0 Å². The molecule has 0 atom stereocenters. The average Bonchev–Trinajstić information content (AvgIpc) is 3.41. The van der Waals surface area contributed by atoms with E-state index < -0.39 is 10.2 Å². The van der Waals surface area contributed by atoms with Gasteiger partial charge in [-0.05, 0) is 36.6 Å². The average molecular weight is 392 g/mol. The van der Waals surface area contributed by atoms with E-state index in [1.165, 1.54) is 8.61 Å². The van der Waals surface area contributed by atoms with Gasteiger partial charge in [0.15, 0.2) is 0 Å². The summed E-state index contributed by atoms with van der Waals surface area (Å²) < 4.78 is 28.5. The lowest BCUT2D eigenvalue weighted by atomic mass is 10.2. The highest BCUT2D eigenvalue weighted by atomic mass is 35.5. The van der Waals surface area contributed by atoms with Crippen LogP contribution in [0.25, 0.3) is 0 Å². The second kappa shape index (κ2) is 6.48. The van der Waals surface area contributed by atoms with E-state index in [1.54, 1.807) is 24.3 Å². The maximum Gasteiger partial charge on any atom is 0.327 e. The van der Waals surface area contributed by atoms with Crippen LogP contribution in [0.3, 0.4) is 0 Å². The molecule has 0 saturated heterocycles. The SMILES string of the molecule is O=C(CN1c2ccccc2N(C2CC2)S1(=O)=O)NCc1ccccc1Cl. The van der Waals surface area contributed by atoms with Crippen molar-refractivity contribution in [3.05, 3.63) is 59.1 Å². The molecule has 136 valence electrons. The Morgan fingerprint density at radius 1 is 1.08 bits per heavy atom. The van der Waals surface area contributed by atoms with Gasteiger partial charge in [-0.25, -0.2) is 8.61 Å². The summed E-state index contributed by atoms with van der Waals surface area (Å²) in [6, 6.07) is 14.3. The van der Waals surface area contributed by atoms with E-state index in [-0.39, 0.29) is 25.0 Å². The summed E-state index contributed by atoms with van der Waals surface area (Å²) in [5, 5.41) is 3.31. The fourth-order valence-electron chi connectivity index (χ4n) is 3.10. The van der Waals surface area contributed by atoms with Gasteiger partial charge >= 0.3 is 10.2 Å². The van der Waals surface area contributed by atoms with E-state index in [1.807, 2.05) is 24.3 Å². The van der Waals surface area contributed by atoms with Gasteiger partial charge in [0.2, 0.25) is 5.91 Å². The summed E-state index contributed by atoms with van der Waals surface area (Å²) >= 11 is 6.09. The third kappa shape index (κ3) is 3.01. The van der Waals surface area contributed by atoms with Crippen molar-refractivity contribution in [3.8, 4) is 0 Å². The Morgan fingerprint density at radius 2 is 1.73 bits per heavy atom. The number of carbonyl (C=O) groups excluding carboxylic acids is 1. The Balaban J connectivity index is 1.52. The molecule has 0 bridgehead atoms. The van der Waals surface area contributed by atoms with Crippen molar-refractivity contribution in [3.63, 3.8) is 0 Å². The summed E-state index contributed by atoms with van der Waals surface area (Å²) in [6.07, 6.45) is 1.69. The second-order valence-corrected chi connectivity index (χ2v) is 8.54. The molecule has 2 aliphatic rings. The number of nitrogens with one attached hydrogen (secondary N) is 1. The summed E-state index contributed by atoms with van der Waals surface area (Å²) in [5.74, 6) is -0.374. The molecule has 0 spiro atoms. The van der Waals surface area contributed by atoms with Crippen molar-refractivity contribution in [1.29, 1.82) is 0 Å². The molecule has 8 heteroatoms. The largest absolute Gasteiger partial charge is 0.350 e. The molecule has 2 aromatic carbocycles. The van der Waals surface area contributed by atoms with Crippen LogP contribution in [0.5, 0.6) is 0 Å². The second-order valence-electron chi connectivity index (χ2n) is 6.40. The number of nitrogens with zero attached hydrogens (tertiary/aromatic N) is 2. The van der Waals surface area contributed by atoms with Crippen LogP contribution < -0.4 is 13.9 Å². The molecule has 0 radical (unpaired) electrons. The van der Waals surface area contributed by atoms with Gasteiger partial charge in [-0.3, -0.25) is 4.79 Å². The van der Waals surface area contributed by atoms with Crippen LogP contribution in [-0.2, 0) is 21.5 Å². The topological polar surface area (TPSA) is 69.7 Å². The van der Waals surface area contributed by atoms with Crippen molar-refractivity contribution < 1.29 is 13.2 Å².